The first-order valence-electron chi connectivity index (χ1n) is 10.2. The van der Waals surface area contributed by atoms with Crippen LogP contribution in [0.2, 0.25) is 0 Å². The number of ether oxygens (including phenoxy) is 2. The van der Waals surface area contributed by atoms with E-state index in [2.05, 4.69) is 16.5 Å². The van der Waals surface area contributed by atoms with E-state index in [0.717, 1.165) is 58.6 Å². The summed E-state index contributed by atoms with van der Waals surface area (Å²) in [6, 6.07) is 9.89. The topological polar surface area (TPSA) is 95.9 Å². The normalized spacial score (nSPS) is 15.0. The summed E-state index contributed by atoms with van der Waals surface area (Å²) in [7, 11) is 3.47. The lowest BCUT2D eigenvalue weighted by Gasteiger charge is -2.29. The highest BCUT2D eigenvalue weighted by Crippen LogP contribution is 2.41. The van der Waals surface area contributed by atoms with E-state index in [1.165, 1.54) is 6.21 Å². The molecule has 2 N–H and O–H groups in total. The van der Waals surface area contributed by atoms with E-state index >= 15 is 0 Å². The van der Waals surface area contributed by atoms with Crippen LogP contribution in [-0.2, 0) is 13.5 Å². The zero-order chi connectivity index (χ0) is 22.0. The van der Waals surface area contributed by atoms with Crippen molar-refractivity contribution in [2.75, 3.05) is 12.4 Å². The first-order chi connectivity index (χ1) is 15.0. The minimum Gasteiger partial charge on any atom is -0.495 e. The van der Waals surface area contributed by atoms with Gasteiger partial charge < -0.3 is 20.2 Å². The second-order valence-electron chi connectivity index (χ2n) is 7.70. The van der Waals surface area contributed by atoms with E-state index < -0.39 is 0 Å². The molecule has 31 heavy (non-hydrogen) atoms. The van der Waals surface area contributed by atoms with Crippen molar-refractivity contribution in [2.24, 2.45) is 7.05 Å². The molecule has 2 aromatic carbocycles. The molecule has 1 atom stereocenters. The van der Waals surface area contributed by atoms with Gasteiger partial charge in [-0.2, -0.15) is 10.4 Å². The highest BCUT2D eigenvalue weighted by molar-refractivity contribution is 5.88. The SMILES string of the molecule is COc1c(C#N)ccc2c1CCCC2Oc1cc(Nc2cnn(C)c2)c(C=N)cc1C. The molecule has 158 valence electrons. The molecule has 0 aliphatic heterocycles. The predicted molar refractivity (Wildman–Crippen MR) is 120 cm³/mol. The number of hydrogen-bond acceptors (Lipinski definition) is 6. The molecule has 0 bridgehead atoms. The second kappa shape index (κ2) is 8.52. The molecular weight excluding hydrogens is 390 g/mol. The molecule has 1 aromatic heterocycles. The first kappa shape index (κ1) is 20.5. The van der Waals surface area contributed by atoms with E-state index in [-0.39, 0.29) is 6.10 Å². The van der Waals surface area contributed by atoms with Gasteiger partial charge in [-0.3, -0.25) is 4.68 Å². The largest absolute Gasteiger partial charge is 0.495 e. The van der Waals surface area contributed by atoms with Crippen molar-refractivity contribution in [3.63, 3.8) is 0 Å². The number of fused-ring (bicyclic) bond motifs is 1. The van der Waals surface area contributed by atoms with Crippen molar-refractivity contribution >= 4 is 17.6 Å². The van der Waals surface area contributed by atoms with Crippen molar-refractivity contribution in [3.8, 4) is 17.6 Å². The van der Waals surface area contributed by atoms with E-state index in [9.17, 15) is 5.26 Å². The van der Waals surface area contributed by atoms with Gasteiger partial charge in [0.1, 0.15) is 23.7 Å². The fourth-order valence-electron chi connectivity index (χ4n) is 4.13. The van der Waals surface area contributed by atoms with Gasteiger partial charge in [-0.1, -0.05) is 6.07 Å². The Morgan fingerprint density at radius 3 is 2.87 bits per heavy atom. The van der Waals surface area contributed by atoms with Crippen LogP contribution in [0.1, 0.15) is 46.8 Å². The number of rotatable bonds is 6. The van der Waals surface area contributed by atoms with Gasteiger partial charge in [0.15, 0.2) is 0 Å². The number of aromatic nitrogens is 2. The number of methoxy groups -OCH3 is 1. The van der Waals surface area contributed by atoms with E-state index in [1.807, 2.05) is 38.4 Å². The average molecular weight is 415 g/mol. The molecule has 4 rings (SSSR count). The standard InChI is InChI=1S/C24H25N5O2/c1-15-9-17(12-26)21(28-18-13-27-29(2)14-18)10-23(15)31-22-6-4-5-20-19(22)8-7-16(11-25)24(20)30-3/h7-10,12-14,22,26,28H,4-6H2,1-3H3. The number of nitrogens with one attached hydrogen (secondary N) is 2. The van der Waals surface area contributed by atoms with Gasteiger partial charge in [0.2, 0.25) is 0 Å². The maximum atomic E-state index is 9.40. The highest BCUT2D eigenvalue weighted by atomic mass is 16.5. The van der Waals surface area contributed by atoms with Crippen molar-refractivity contribution in [2.45, 2.75) is 32.3 Å². The summed E-state index contributed by atoms with van der Waals surface area (Å²) in [6.45, 7) is 1.99. The number of nitrogens with zero attached hydrogens (tertiary/aromatic N) is 3. The third kappa shape index (κ3) is 3.97. The van der Waals surface area contributed by atoms with Gasteiger partial charge in [-0.05, 0) is 49.4 Å². The molecule has 1 heterocycles. The second-order valence-corrected chi connectivity index (χ2v) is 7.70. The maximum absolute atomic E-state index is 9.40. The molecule has 1 aliphatic rings. The van der Waals surface area contributed by atoms with Crippen LogP contribution in [0.5, 0.6) is 11.5 Å². The third-order valence-corrected chi connectivity index (χ3v) is 5.62. The fraction of sp³-hybridized carbons (Fsp3) is 0.292. The van der Waals surface area contributed by atoms with E-state index in [0.29, 0.717) is 11.3 Å². The van der Waals surface area contributed by atoms with Gasteiger partial charge in [0, 0.05) is 36.7 Å². The highest BCUT2D eigenvalue weighted by Gasteiger charge is 2.26. The molecule has 0 saturated heterocycles. The zero-order valence-electron chi connectivity index (χ0n) is 17.9. The Morgan fingerprint density at radius 1 is 1.35 bits per heavy atom. The first-order valence-corrected chi connectivity index (χ1v) is 10.2. The summed E-state index contributed by atoms with van der Waals surface area (Å²) in [5, 5.41) is 24.7. The van der Waals surface area contributed by atoms with E-state index in [1.54, 1.807) is 24.1 Å². The van der Waals surface area contributed by atoms with Gasteiger partial charge in [-0.15, -0.1) is 0 Å². The molecule has 3 aromatic rings. The Morgan fingerprint density at radius 2 is 2.19 bits per heavy atom. The molecule has 1 unspecified atom stereocenters. The van der Waals surface area contributed by atoms with Crippen molar-refractivity contribution < 1.29 is 9.47 Å². The average Bonchev–Trinajstić information content (AvgIpc) is 3.19. The molecule has 0 saturated carbocycles. The Kier molecular flexibility index (Phi) is 5.63. The smallest absolute Gasteiger partial charge is 0.140 e. The van der Waals surface area contributed by atoms with Crippen LogP contribution in [0.25, 0.3) is 0 Å². The monoisotopic (exact) mass is 415 g/mol. The van der Waals surface area contributed by atoms with Crippen molar-refractivity contribution in [1.29, 1.82) is 10.7 Å². The van der Waals surface area contributed by atoms with Crippen LogP contribution in [0.15, 0.2) is 36.7 Å². The van der Waals surface area contributed by atoms with Gasteiger partial charge in [0.25, 0.3) is 0 Å². The van der Waals surface area contributed by atoms with Gasteiger partial charge in [0.05, 0.1) is 30.2 Å². The summed E-state index contributed by atoms with van der Waals surface area (Å²) in [4.78, 5) is 0. The molecular formula is C24H25N5O2. The van der Waals surface area contributed by atoms with Crippen LogP contribution in [0, 0.1) is 23.7 Å². The molecule has 0 spiro atoms. The number of hydrogen-bond donors (Lipinski definition) is 2. The van der Waals surface area contributed by atoms with Gasteiger partial charge >= 0.3 is 0 Å². The third-order valence-electron chi connectivity index (χ3n) is 5.62. The Balaban J connectivity index is 1.68. The number of nitriles is 1. The molecule has 0 amide bonds. The van der Waals surface area contributed by atoms with Crippen LogP contribution >= 0.6 is 0 Å². The quantitative estimate of drug-likeness (QED) is 0.564. The van der Waals surface area contributed by atoms with Crippen LogP contribution in [0.4, 0.5) is 11.4 Å². The number of aryl methyl sites for hydroxylation is 2. The maximum Gasteiger partial charge on any atom is 0.140 e. The van der Waals surface area contributed by atoms with Crippen molar-refractivity contribution in [1.82, 2.24) is 9.78 Å². The zero-order valence-corrected chi connectivity index (χ0v) is 17.9. The van der Waals surface area contributed by atoms with Crippen LogP contribution in [-0.4, -0.2) is 23.1 Å². The Labute approximate surface area is 181 Å². The lowest BCUT2D eigenvalue weighted by molar-refractivity contribution is 0.181. The fourth-order valence-corrected chi connectivity index (χ4v) is 4.13. The van der Waals surface area contributed by atoms with E-state index in [4.69, 9.17) is 14.9 Å². The minimum atomic E-state index is -0.124. The summed E-state index contributed by atoms with van der Waals surface area (Å²) < 4.78 is 13.8. The molecule has 0 radical (unpaired) electrons. The molecule has 7 nitrogen and oxygen atoms in total. The minimum absolute atomic E-state index is 0.124. The lowest BCUT2D eigenvalue weighted by Crippen LogP contribution is -2.17. The summed E-state index contributed by atoms with van der Waals surface area (Å²) in [6.07, 6.45) is 7.55. The van der Waals surface area contributed by atoms with Crippen molar-refractivity contribution in [3.05, 3.63) is 64.5 Å². The number of benzene rings is 2. The lowest BCUT2D eigenvalue weighted by atomic mass is 9.87. The Bertz CT molecular complexity index is 1180. The van der Waals surface area contributed by atoms with Crippen LogP contribution < -0.4 is 14.8 Å². The summed E-state index contributed by atoms with van der Waals surface area (Å²) in [5.74, 6) is 1.42. The molecule has 0 fully saturated rings. The van der Waals surface area contributed by atoms with Gasteiger partial charge in [-0.25, -0.2) is 0 Å². The summed E-state index contributed by atoms with van der Waals surface area (Å²) in [5.41, 5.74) is 6.05. The number of anilines is 2. The predicted octanol–water partition coefficient (Wildman–Crippen LogP) is 4.81. The Hall–Kier alpha value is -3.79. The molecule has 1 aliphatic carbocycles. The summed E-state index contributed by atoms with van der Waals surface area (Å²) >= 11 is 0. The van der Waals surface area contributed by atoms with Crippen LogP contribution in [0.3, 0.4) is 0 Å². The molecule has 7 heteroatoms.